The number of aromatic nitrogens is 1. The highest BCUT2D eigenvalue weighted by atomic mass is 16.6. The van der Waals surface area contributed by atoms with Crippen LogP contribution in [0.1, 0.15) is 63.9 Å². The monoisotopic (exact) mass is 504 g/mol. The minimum atomic E-state index is -0.430. The number of nitriles is 1. The lowest BCUT2D eigenvalue weighted by molar-refractivity contribution is -0.202. The van der Waals surface area contributed by atoms with Crippen molar-refractivity contribution in [3.05, 3.63) is 36.0 Å². The lowest BCUT2D eigenvalue weighted by atomic mass is 9.47. The first-order valence-corrected chi connectivity index (χ1v) is 13.8. The van der Waals surface area contributed by atoms with Crippen LogP contribution in [0.3, 0.4) is 0 Å². The molecule has 0 spiro atoms. The van der Waals surface area contributed by atoms with Crippen molar-refractivity contribution >= 4 is 22.8 Å². The maximum Gasteiger partial charge on any atom is 0.310 e. The summed E-state index contributed by atoms with van der Waals surface area (Å²) >= 11 is 0. The van der Waals surface area contributed by atoms with Crippen LogP contribution in [0.25, 0.3) is 10.9 Å². The number of hydrogen-bond donors (Lipinski definition) is 2. The number of hydrogen-bond acceptors (Lipinski definition) is 5. The van der Waals surface area contributed by atoms with Gasteiger partial charge < -0.3 is 19.9 Å². The first-order chi connectivity index (χ1) is 17.8. The Morgan fingerprint density at radius 2 is 1.86 bits per heavy atom. The van der Waals surface area contributed by atoms with E-state index in [1.165, 1.54) is 6.42 Å². The van der Waals surface area contributed by atoms with Gasteiger partial charge >= 0.3 is 5.97 Å². The Labute approximate surface area is 219 Å². The first-order valence-electron chi connectivity index (χ1n) is 13.8. The summed E-state index contributed by atoms with van der Waals surface area (Å²) < 4.78 is 6.33. The Morgan fingerprint density at radius 1 is 1.16 bits per heavy atom. The zero-order valence-corrected chi connectivity index (χ0v) is 22.4. The minimum absolute atomic E-state index is 0.0892. The van der Waals surface area contributed by atoms with Crippen LogP contribution in [-0.2, 0) is 20.7 Å². The number of benzene rings is 1. The van der Waals surface area contributed by atoms with Crippen molar-refractivity contribution in [2.24, 2.45) is 23.2 Å². The highest BCUT2D eigenvalue weighted by Crippen LogP contribution is 2.64. The lowest BCUT2D eigenvalue weighted by Gasteiger charge is -2.61. The highest BCUT2D eigenvalue weighted by Gasteiger charge is 2.60. The Bertz CT molecular complexity index is 1180. The molecule has 7 heteroatoms. The topological polar surface area (TPSA) is 98.2 Å². The van der Waals surface area contributed by atoms with Crippen molar-refractivity contribution < 1.29 is 14.3 Å². The lowest BCUT2D eigenvalue weighted by Crippen LogP contribution is -2.58. The summed E-state index contributed by atoms with van der Waals surface area (Å²) in [5.41, 5.74) is 1.49. The van der Waals surface area contributed by atoms with Crippen LogP contribution in [0.2, 0.25) is 0 Å². The number of para-hydroxylation sites is 1. The van der Waals surface area contributed by atoms with Crippen LogP contribution in [0.5, 0.6) is 0 Å². The maximum absolute atomic E-state index is 13.4. The normalized spacial score (nSPS) is 33.6. The summed E-state index contributed by atoms with van der Waals surface area (Å²) in [5.74, 6) is 1.39. The van der Waals surface area contributed by atoms with Gasteiger partial charge in [-0.25, -0.2) is 0 Å². The molecule has 5 aliphatic rings. The molecule has 1 saturated heterocycles. The van der Waals surface area contributed by atoms with E-state index in [1.54, 1.807) is 0 Å². The molecule has 7 nitrogen and oxygen atoms in total. The first kappa shape index (κ1) is 25.8. The highest BCUT2D eigenvalue weighted by molar-refractivity contribution is 5.87. The molecule has 37 heavy (non-hydrogen) atoms. The van der Waals surface area contributed by atoms with Crippen LogP contribution in [0.15, 0.2) is 30.5 Å². The second-order valence-electron chi connectivity index (χ2n) is 12.4. The van der Waals surface area contributed by atoms with E-state index in [2.05, 4.69) is 23.3 Å². The average Bonchev–Trinajstić information content (AvgIpc) is 3.41. The molecule has 2 heterocycles. The van der Waals surface area contributed by atoms with Crippen molar-refractivity contribution in [3.8, 4) is 6.07 Å². The maximum atomic E-state index is 13.4. The Kier molecular flexibility index (Phi) is 7.06. The van der Waals surface area contributed by atoms with Gasteiger partial charge in [0.1, 0.15) is 11.6 Å². The van der Waals surface area contributed by atoms with Crippen LogP contribution in [-0.4, -0.2) is 54.0 Å². The van der Waals surface area contributed by atoms with Gasteiger partial charge in [0.2, 0.25) is 5.91 Å². The molecule has 4 atom stereocenters. The number of amides is 1. The number of nitrogens with zero attached hydrogens (tertiary/aromatic N) is 2. The van der Waals surface area contributed by atoms with E-state index in [1.807, 2.05) is 49.5 Å². The van der Waals surface area contributed by atoms with E-state index in [-0.39, 0.29) is 29.8 Å². The average molecular weight is 505 g/mol. The van der Waals surface area contributed by atoms with Crippen LogP contribution >= 0.6 is 0 Å². The molecule has 4 bridgehead atoms. The van der Waals surface area contributed by atoms with E-state index in [9.17, 15) is 14.9 Å². The quantitative estimate of drug-likeness (QED) is 0.581. The van der Waals surface area contributed by atoms with Crippen molar-refractivity contribution in [1.82, 2.24) is 15.2 Å². The molecule has 1 amide bonds. The molecule has 0 radical (unpaired) electrons. The van der Waals surface area contributed by atoms with Crippen molar-refractivity contribution in [2.45, 2.75) is 76.4 Å². The fraction of sp³-hybridized carbons (Fsp3) is 0.633. The predicted molar refractivity (Wildman–Crippen MR) is 142 cm³/mol. The Balaban J connectivity index is 0.000000892. The van der Waals surface area contributed by atoms with Gasteiger partial charge in [-0.05, 0) is 93.8 Å². The van der Waals surface area contributed by atoms with E-state index < -0.39 is 5.60 Å². The number of fused-ring (bicyclic) bond motifs is 1. The van der Waals surface area contributed by atoms with Gasteiger partial charge in [0.25, 0.3) is 0 Å². The third kappa shape index (κ3) is 5.13. The molecule has 7 rings (SSSR count). The number of carbonyl (C=O) groups excluding carboxylic acids is 2. The zero-order valence-electron chi connectivity index (χ0n) is 22.4. The van der Waals surface area contributed by atoms with Crippen LogP contribution < -0.4 is 5.32 Å². The molecule has 1 aromatic carbocycles. The van der Waals surface area contributed by atoms with Gasteiger partial charge in [0, 0.05) is 30.1 Å². The summed E-state index contributed by atoms with van der Waals surface area (Å²) in [4.78, 5) is 31.6. The smallest absolute Gasteiger partial charge is 0.310 e. The van der Waals surface area contributed by atoms with Gasteiger partial charge in [-0.15, -0.1) is 0 Å². The third-order valence-electron chi connectivity index (χ3n) is 8.97. The molecule has 1 aromatic heterocycles. The largest absolute Gasteiger partial charge is 0.459 e. The Hall–Kier alpha value is -2.85. The van der Waals surface area contributed by atoms with Crippen molar-refractivity contribution in [2.75, 3.05) is 20.6 Å². The summed E-state index contributed by atoms with van der Waals surface area (Å²) in [6.07, 6.45) is 9.40. The second kappa shape index (κ2) is 10.1. The number of nitrogens with one attached hydrogen (secondary N) is 2. The van der Waals surface area contributed by atoms with E-state index in [4.69, 9.17) is 4.74 Å². The second-order valence-corrected chi connectivity index (χ2v) is 12.4. The molecule has 4 aliphatic carbocycles. The molecule has 4 unspecified atom stereocenters. The van der Waals surface area contributed by atoms with Crippen molar-refractivity contribution in [1.29, 1.82) is 5.26 Å². The zero-order chi connectivity index (χ0) is 26.2. The van der Waals surface area contributed by atoms with Gasteiger partial charge in [-0.3, -0.25) is 9.59 Å². The minimum Gasteiger partial charge on any atom is -0.459 e. The van der Waals surface area contributed by atoms with Crippen LogP contribution in [0.4, 0.5) is 0 Å². The standard InChI is InChI=1S/C28H33N3O3.C2H7N/c1-18-6-22(14-29)31(16-18)25(32)13-27-9-19-7-20(10-27)12-28(11-19,17-27)34-26(33)8-21-15-30-24-5-3-2-4-23(21)24;1-3-2/h2-5,15,18-20,22,30H,6-13,16-17H2,1H3;3H,1-2H3. The van der Waals surface area contributed by atoms with Gasteiger partial charge in [-0.2, -0.15) is 5.26 Å². The van der Waals surface area contributed by atoms with E-state index in [0.29, 0.717) is 30.7 Å². The fourth-order valence-electron chi connectivity index (χ4n) is 8.27. The third-order valence-corrected chi connectivity index (χ3v) is 8.97. The Morgan fingerprint density at radius 3 is 2.57 bits per heavy atom. The molecular formula is C30H40N4O3. The molecule has 5 fully saturated rings. The number of likely N-dealkylation sites (tertiary alicyclic amines) is 1. The van der Waals surface area contributed by atoms with Crippen molar-refractivity contribution in [3.63, 3.8) is 0 Å². The number of rotatable bonds is 5. The molecular weight excluding hydrogens is 464 g/mol. The summed E-state index contributed by atoms with van der Waals surface area (Å²) in [5, 5.41) is 13.4. The summed E-state index contributed by atoms with van der Waals surface area (Å²) in [6, 6.07) is 10.1. The molecule has 1 aliphatic heterocycles. The number of carbonyl (C=O) groups is 2. The van der Waals surface area contributed by atoms with E-state index >= 15 is 0 Å². The predicted octanol–water partition coefficient (Wildman–Crippen LogP) is 4.58. The van der Waals surface area contributed by atoms with Gasteiger partial charge in [0.05, 0.1) is 12.5 Å². The number of aromatic amines is 1. The fourth-order valence-corrected chi connectivity index (χ4v) is 8.27. The SMILES string of the molecule is CC1CC(C#N)N(C(=O)CC23CC4CC(C2)CC(OC(=O)Cc2c[nH]c5ccccc25)(C4)C3)C1.CNC. The number of H-pyrrole nitrogens is 1. The molecule has 2 N–H and O–H groups in total. The van der Waals surface area contributed by atoms with Gasteiger partial charge in [-0.1, -0.05) is 25.1 Å². The molecule has 198 valence electrons. The van der Waals surface area contributed by atoms with Crippen LogP contribution in [0, 0.1) is 34.5 Å². The number of esters is 1. The molecule has 2 aromatic rings. The number of ether oxygens (including phenoxy) is 1. The molecule has 4 saturated carbocycles. The summed E-state index contributed by atoms with van der Waals surface area (Å²) in [7, 11) is 3.75. The van der Waals surface area contributed by atoms with E-state index in [0.717, 1.165) is 55.0 Å². The summed E-state index contributed by atoms with van der Waals surface area (Å²) in [6.45, 7) is 2.80. The van der Waals surface area contributed by atoms with Gasteiger partial charge in [0.15, 0.2) is 0 Å².